The number of benzene rings is 2. The number of alkyl halides is 2. The molecule has 0 spiro atoms. The van der Waals surface area contributed by atoms with Crippen molar-refractivity contribution in [3.63, 3.8) is 0 Å². The van der Waals surface area contributed by atoms with Gasteiger partial charge in [0.25, 0.3) is 6.43 Å². The number of anilines is 1. The zero-order valence-electron chi connectivity index (χ0n) is 14.5. The predicted octanol–water partition coefficient (Wildman–Crippen LogP) is 5.14. The molecule has 0 unspecified atom stereocenters. The van der Waals surface area contributed by atoms with E-state index in [1.165, 1.54) is 42.2 Å². The van der Waals surface area contributed by atoms with Crippen LogP contribution in [-0.4, -0.2) is 15.7 Å². The van der Waals surface area contributed by atoms with E-state index in [0.717, 1.165) is 12.1 Å². The minimum absolute atomic E-state index is 0.0674. The van der Waals surface area contributed by atoms with Gasteiger partial charge in [0, 0.05) is 24.4 Å². The first-order valence-electron chi connectivity index (χ1n) is 8.10. The van der Waals surface area contributed by atoms with Gasteiger partial charge in [-0.1, -0.05) is 17.7 Å². The van der Waals surface area contributed by atoms with E-state index in [2.05, 4.69) is 10.4 Å². The molecule has 0 radical (unpaired) electrons. The lowest BCUT2D eigenvalue weighted by molar-refractivity contribution is -0.115. The fraction of sp³-hybridized carbons (Fsp3) is 0.158. The Morgan fingerprint density at radius 3 is 2.64 bits per heavy atom. The molecule has 1 amide bonds. The third kappa shape index (κ3) is 4.33. The van der Waals surface area contributed by atoms with Crippen molar-refractivity contribution in [3.8, 4) is 11.1 Å². The molecule has 0 bridgehead atoms. The van der Waals surface area contributed by atoms with Gasteiger partial charge in [0.1, 0.15) is 17.3 Å². The largest absolute Gasteiger partial charge is 0.325 e. The van der Waals surface area contributed by atoms with Gasteiger partial charge in [-0.3, -0.25) is 9.48 Å². The highest BCUT2D eigenvalue weighted by Crippen LogP contribution is 2.32. The van der Waals surface area contributed by atoms with Crippen LogP contribution in [0, 0.1) is 11.6 Å². The molecule has 0 saturated heterocycles. The predicted molar refractivity (Wildman–Crippen MR) is 97.3 cm³/mol. The molecule has 1 aromatic heterocycles. The summed E-state index contributed by atoms with van der Waals surface area (Å²) in [6.07, 6.45) is -1.86. The average molecular weight is 412 g/mol. The van der Waals surface area contributed by atoms with E-state index in [0.29, 0.717) is 11.1 Å². The van der Waals surface area contributed by atoms with Crippen LogP contribution >= 0.6 is 11.6 Å². The molecule has 9 heteroatoms. The van der Waals surface area contributed by atoms with E-state index in [1.807, 2.05) is 0 Å². The second kappa shape index (κ2) is 8.02. The monoisotopic (exact) mass is 411 g/mol. The van der Waals surface area contributed by atoms with Crippen LogP contribution in [-0.2, 0) is 18.3 Å². The van der Waals surface area contributed by atoms with Crippen LogP contribution in [0.1, 0.15) is 17.7 Å². The highest BCUT2D eigenvalue weighted by Gasteiger charge is 2.20. The molecule has 1 heterocycles. The van der Waals surface area contributed by atoms with Crippen LogP contribution < -0.4 is 5.32 Å². The lowest BCUT2D eigenvalue weighted by Crippen LogP contribution is -2.16. The highest BCUT2D eigenvalue weighted by atomic mass is 35.5. The number of amides is 1. The first-order valence-corrected chi connectivity index (χ1v) is 8.48. The lowest BCUT2D eigenvalue weighted by atomic mass is 10.0. The Balaban J connectivity index is 1.89. The minimum atomic E-state index is -2.82. The first kappa shape index (κ1) is 19.9. The van der Waals surface area contributed by atoms with E-state index in [-0.39, 0.29) is 22.7 Å². The fourth-order valence-electron chi connectivity index (χ4n) is 2.78. The summed E-state index contributed by atoms with van der Waals surface area (Å²) >= 11 is 5.79. The van der Waals surface area contributed by atoms with Gasteiger partial charge in [0.15, 0.2) is 0 Å². The van der Waals surface area contributed by atoms with Crippen LogP contribution in [0.15, 0.2) is 42.6 Å². The SMILES string of the molecule is Cn1cc(CC(=O)Nc2cc(F)ccc2-c2ccc(F)c(Cl)c2)c(C(F)F)n1. The molecule has 3 rings (SSSR count). The molecule has 1 N–H and O–H groups in total. The van der Waals surface area contributed by atoms with Gasteiger partial charge >= 0.3 is 0 Å². The van der Waals surface area contributed by atoms with Gasteiger partial charge in [-0.05, 0) is 35.9 Å². The number of halogens is 5. The zero-order valence-corrected chi connectivity index (χ0v) is 15.3. The summed E-state index contributed by atoms with van der Waals surface area (Å²) in [6.45, 7) is 0. The molecule has 0 atom stereocenters. The molecule has 0 aliphatic rings. The van der Waals surface area contributed by atoms with Crippen molar-refractivity contribution < 1.29 is 22.4 Å². The molecule has 0 aliphatic carbocycles. The van der Waals surface area contributed by atoms with E-state index in [9.17, 15) is 22.4 Å². The van der Waals surface area contributed by atoms with Gasteiger partial charge in [0.05, 0.1) is 17.1 Å². The van der Waals surface area contributed by atoms with E-state index in [1.54, 1.807) is 0 Å². The topological polar surface area (TPSA) is 46.9 Å². The Hall–Kier alpha value is -2.87. The van der Waals surface area contributed by atoms with E-state index >= 15 is 0 Å². The molecular weight excluding hydrogens is 398 g/mol. The number of carbonyl (C=O) groups excluding carboxylic acids is 1. The molecule has 4 nitrogen and oxygen atoms in total. The number of nitrogens with one attached hydrogen (secondary N) is 1. The van der Waals surface area contributed by atoms with Gasteiger partial charge in [0.2, 0.25) is 5.91 Å². The Morgan fingerprint density at radius 2 is 1.96 bits per heavy atom. The maximum absolute atomic E-state index is 13.7. The Kier molecular flexibility index (Phi) is 5.69. The van der Waals surface area contributed by atoms with Crippen LogP contribution in [0.4, 0.5) is 23.2 Å². The number of nitrogens with zero attached hydrogens (tertiary/aromatic N) is 2. The maximum atomic E-state index is 13.7. The van der Waals surface area contributed by atoms with E-state index in [4.69, 9.17) is 11.6 Å². The average Bonchev–Trinajstić information content (AvgIpc) is 2.98. The number of aromatic nitrogens is 2. The van der Waals surface area contributed by atoms with Crippen molar-refractivity contribution in [2.45, 2.75) is 12.8 Å². The Morgan fingerprint density at radius 1 is 1.21 bits per heavy atom. The van der Waals surface area contributed by atoms with Crippen LogP contribution in [0.25, 0.3) is 11.1 Å². The van der Waals surface area contributed by atoms with Crippen molar-refractivity contribution in [1.29, 1.82) is 0 Å². The smallest absolute Gasteiger partial charge is 0.282 e. The van der Waals surface area contributed by atoms with Gasteiger partial charge in [-0.25, -0.2) is 17.6 Å². The third-order valence-electron chi connectivity index (χ3n) is 3.98. The molecular formula is C19H14ClF4N3O. The molecule has 0 aliphatic heterocycles. The van der Waals surface area contributed by atoms with Crippen molar-refractivity contribution in [1.82, 2.24) is 9.78 Å². The van der Waals surface area contributed by atoms with Gasteiger partial charge in [-0.15, -0.1) is 0 Å². The summed E-state index contributed by atoms with van der Waals surface area (Å²) < 4.78 is 54.4. The van der Waals surface area contributed by atoms with Gasteiger partial charge in [-0.2, -0.15) is 5.10 Å². The maximum Gasteiger partial charge on any atom is 0.282 e. The molecule has 2 aromatic carbocycles. The summed E-state index contributed by atoms with van der Waals surface area (Å²) in [5.41, 5.74) is 0.545. The van der Waals surface area contributed by atoms with Crippen LogP contribution in [0.3, 0.4) is 0 Å². The third-order valence-corrected chi connectivity index (χ3v) is 4.27. The van der Waals surface area contributed by atoms with Crippen molar-refractivity contribution in [2.75, 3.05) is 5.32 Å². The Labute approximate surface area is 162 Å². The number of aryl methyl sites for hydroxylation is 1. The van der Waals surface area contributed by atoms with Crippen LogP contribution in [0.5, 0.6) is 0 Å². The molecule has 0 saturated carbocycles. The second-order valence-corrected chi connectivity index (χ2v) is 6.46. The number of hydrogen-bond acceptors (Lipinski definition) is 2. The fourth-order valence-corrected chi connectivity index (χ4v) is 2.96. The normalized spacial score (nSPS) is 11.1. The number of rotatable bonds is 5. The molecule has 146 valence electrons. The molecule has 28 heavy (non-hydrogen) atoms. The lowest BCUT2D eigenvalue weighted by Gasteiger charge is -2.12. The van der Waals surface area contributed by atoms with Crippen LogP contribution in [0.2, 0.25) is 5.02 Å². The minimum Gasteiger partial charge on any atom is -0.325 e. The van der Waals surface area contributed by atoms with Crippen molar-refractivity contribution in [2.24, 2.45) is 7.05 Å². The van der Waals surface area contributed by atoms with E-state index < -0.39 is 29.7 Å². The van der Waals surface area contributed by atoms with Crippen molar-refractivity contribution >= 4 is 23.2 Å². The summed E-state index contributed by atoms with van der Waals surface area (Å²) in [6, 6.07) is 7.59. The quantitative estimate of drug-likeness (QED) is 0.591. The first-order chi connectivity index (χ1) is 13.2. The van der Waals surface area contributed by atoms with Crippen molar-refractivity contribution in [3.05, 3.63) is 70.5 Å². The summed E-state index contributed by atoms with van der Waals surface area (Å²) in [5, 5.41) is 6.03. The summed E-state index contributed by atoms with van der Waals surface area (Å²) in [4.78, 5) is 12.4. The highest BCUT2D eigenvalue weighted by molar-refractivity contribution is 6.31. The zero-order chi connectivity index (χ0) is 20.4. The number of hydrogen-bond donors (Lipinski definition) is 1. The molecule has 0 fully saturated rings. The molecule has 3 aromatic rings. The van der Waals surface area contributed by atoms with Gasteiger partial charge < -0.3 is 5.32 Å². The number of carbonyl (C=O) groups is 1. The standard InChI is InChI=1S/C19H14ClF4N3O/c1-27-9-11(18(26-27)19(23)24)7-17(28)25-16-8-12(21)3-4-13(16)10-2-5-15(22)14(20)6-10/h2-6,8-9,19H,7H2,1H3,(H,25,28). The summed E-state index contributed by atoms with van der Waals surface area (Å²) in [7, 11) is 1.47. The second-order valence-electron chi connectivity index (χ2n) is 6.06. The Bertz CT molecular complexity index is 1040. The summed E-state index contributed by atoms with van der Waals surface area (Å²) in [5.74, 6) is -1.86.